The Hall–Kier alpha value is -2.31. The summed E-state index contributed by atoms with van der Waals surface area (Å²) in [6, 6.07) is 11.9. The summed E-state index contributed by atoms with van der Waals surface area (Å²) in [7, 11) is 0. The number of halogens is 1. The second kappa shape index (κ2) is 6.85. The van der Waals surface area contributed by atoms with Crippen molar-refractivity contribution in [2.75, 3.05) is 6.54 Å². The standard InChI is InChI=1S/C17H19FN2O3/c1-12(13-3-9-16(10-4-13)20(22)23)19-11-17(2,21)14-5-7-15(18)8-6-14/h3-10,12,19,21H,11H2,1-2H3. The van der Waals surface area contributed by atoms with E-state index in [1.807, 2.05) is 6.92 Å². The zero-order chi connectivity index (χ0) is 17.0. The number of hydrogen-bond acceptors (Lipinski definition) is 4. The molecule has 2 aromatic carbocycles. The van der Waals surface area contributed by atoms with Crippen LogP contribution in [0.4, 0.5) is 10.1 Å². The molecule has 0 saturated carbocycles. The third-order valence-corrected chi connectivity index (χ3v) is 3.82. The molecule has 0 aliphatic rings. The number of aliphatic hydroxyl groups is 1. The van der Waals surface area contributed by atoms with E-state index in [1.165, 1.54) is 24.3 Å². The van der Waals surface area contributed by atoms with Crippen LogP contribution in [0, 0.1) is 15.9 Å². The number of non-ortho nitro benzene ring substituents is 1. The van der Waals surface area contributed by atoms with E-state index in [0.717, 1.165) is 5.56 Å². The van der Waals surface area contributed by atoms with Crippen molar-refractivity contribution >= 4 is 5.69 Å². The maximum atomic E-state index is 13.0. The van der Waals surface area contributed by atoms with Gasteiger partial charge in [-0.3, -0.25) is 10.1 Å². The minimum absolute atomic E-state index is 0.0410. The van der Waals surface area contributed by atoms with Crippen molar-refractivity contribution in [2.24, 2.45) is 0 Å². The summed E-state index contributed by atoms with van der Waals surface area (Å²) in [5.41, 5.74) is 0.384. The molecule has 0 aliphatic carbocycles. The van der Waals surface area contributed by atoms with Crippen molar-refractivity contribution in [3.63, 3.8) is 0 Å². The quantitative estimate of drug-likeness (QED) is 0.633. The summed E-state index contributed by atoms with van der Waals surface area (Å²) in [5, 5.41) is 24.4. The Morgan fingerprint density at radius 1 is 1.22 bits per heavy atom. The molecule has 122 valence electrons. The molecular formula is C17H19FN2O3. The molecule has 0 heterocycles. The molecule has 0 aromatic heterocycles. The van der Waals surface area contributed by atoms with E-state index in [1.54, 1.807) is 31.2 Å². The number of nitro groups is 1. The van der Waals surface area contributed by atoms with Gasteiger partial charge in [0, 0.05) is 24.7 Å². The third-order valence-electron chi connectivity index (χ3n) is 3.82. The molecule has 2 aromatic rings. The predicted molar refractivity (Wildman–Crippen MR) is 85.5 cm³/mol. The van der Waals surface area contributed by atoms with Gasteiger partial charge in [0.15, 0.2) is 0 Å². The minimum atomic E-state index is -1.15. The molecule has 6 heteroatoms. The molecule has 0 bridgehead atoms. The van der Waals surface area contributed by atoms with E-state index in [9.17, 15) is 19.6 Å². The highest BCUT2D eigenvalue weighted by Crippen LogP contribution is 2.22. The number of nitrogens with one attached hydrogen (secondary N) is 1. The Bertz CT molecular complexity index is 669. The van der Waals surface area contributed by atoms with Crippen LogP contribution in [-0.4, -0.2) is 16.6 Å². The zero-order valence-corrected chi connectivity index (χ0v) is 13.0. The van der Waals surface area contributed by atoms with Crippen LogP contribution >= 0.6 is 0 Å². The first kappa shape index (κ1) is 17.1. The SMILES string of the molecule is CC(NCC(C)(O)c1ccc(F)cc1)c1ccc([N+](=O)[O-])cc1. The fraction of sp³-hybridized carbons (Fsp3) is 0.294. The fourth-order valence-electron chi connectivity index (χ4n) is 2.27. The molecule has 0 fully saturated rings. The van der Waals surface area contributed by atoms with Gasteiger partial charge in [0.1, 0.15) is 5.82 Å². The second-order valence-electron chi connectivity index (χ2n) is 5.73. The van der Waals surface area contributed by atoms with Gasteiger partial charge >= 0.3 is 0 Å². The van der Waals surface area contributed by atoms with Crippen LogP contribution < -0.4 is 5.32 Å². The summed E-state index contributed by atoms with van der Waals surface area (Å²) in [6.07, 6.45) is 0. The normalized spacial score (nSPS) is 15.0. The summed E-state index contributed by atoms with van der Waals surface area (Å²) in [5.74, 6) is -0.350. The lowest BCUT2D eigenvalue weighted by molar-refractivity contribution is -0.384. The number of rotatable bonds is 6. The van der Waals surface area contributed by atoms with Crippen LogP contribution in [0.5, 0.6) is 0 Å². The second-order valence-corrected chi connectivity index (χ2v) is 5.73. The number of nitrogens with zero attached hydrogens (tertiary/aromatic N) is 1. The average molecular weight is 318 g/mol. The lowest BCUT2D eigenvalue weighted by Gasteiger charge is -2.26. The first-order chi connectivity index (χ1) is 10.8. The van der Waals surface area contributed by atoms with Crippen LogP contribution in [-0.2, 0) is 5.60 Å². The topological polar surface area (TPSA) is 75.4 Å². The highest BCUT2D eigenvalue weighted by atomic mass is 19.1. The van der Waals surface area contributed by atoms with Gasteiger partial charge in [0.05, 0.1) is 10.5 Å². The number of benzene rings is 2. The highest BCUT2D eigenvalue weighted by Gasteiger charge is 2.23. The van der Waals surface area contributed by atoms with Gasteiger partial charge in [-0.2, -0.15) is 0 Å². The van der Waals surface area contributed by atoms with Crippen LogP contribution in [0.3, 0.4) is 0 Å². The van der Waals surface area contributed by atoms with E-state index in [0.29, 0.717) is 5.56 Å². The van der Waals surface area contributed by atoms with Gasteiger partial charge < -0.3 is 10.4 Å². The van der Waals surface area contributed by atoms with Crippen molar-refractivity contribution in [1.82, 2.24) is 5.32 Å². The van der Waals surface area contributed by atoms with E-state index in [4.69, 9.17) is 0 Å². The van der Waals surface area contributed by atoms with Crippen molar-refractivity contribution in [1.29, 1.82) is 0 Å². The van der Waals surface area contributed by atoms with Crippen molar-refractivity contribution in [2.45, 2.75) is 25.5 Å². The Balaban J connectivity index is 2.01. The van der Waals surface area contributed by atoms with Crippen LogP contribution in [0.2, 0.25) is 0 Å². The van der Waals surface area contributed by atoms with Crippen molar-refractivity contribution in [3.05, 3.63) is 75.6 Å². The van der Waals surface area contributed by atoms with Crippen LogP contribution in [0.1, 0.15) is 31.0 Å². The van der Waals surface area contributed by atoms with Gasteiger partial charge in [-0.15, -0.1) is 0 Å². The third kappa shape index (κ3) is 4.34. The van der Waals surface area contributed by atoms with E-state index in [2.05, 4.69) is 5.32 Å². The number of hydrogen-bond donors (Lipinski definition) is 2. The van der Waals surface area contributed by atoms with Gasteiger partial charge in [0.25, 0.3) is 5.69 Å². The maximum Gasteiger partial charge on any atom is 0.269 e. The molecule has 23 heavy (non-hydrogen) atoms. The molecule has 0 radical (unpaired) electrons. The Morgan fingerprint density at radius 2 is 1.78 bits per heavy atom. The molecule has 0 spiro atoms. The lowest BCUT2D eigenvalue weighted by atomic mass is 9.95. The number of nitro benzene ring substituents is 1. The fourth-order valence-corrected chi connectivity index (χ4v) is 2.27. The molecule has 2 N–H and O–H groups in total. The zero-order valence-electron chi connectivity index (χ0n) is 13.0. The largest absolute Gasteiger partial charge is 0.384 e. The molecular weight excluding hydrogens is 299 g/mol. The summed E-state index contributed by atoms with van der Waals surface area (Å²) in [6.45, 7) is 3.81. The van der Waals surface area contributed by atoms with Gasteiger partial charge in [0.2, 0.25) is 0 Å². The molecule has 0 aliphatic heterocycles. The highest BCUT2D eigenvalue weighted by molar-refractivity contribution is 5.34. The van der Waals surface area contributed by atoms with E-state index >= 15 is 0 Å². The van der Waals surface area contributed by atoms with Gasteiger partial charge in [-0.25, -0.2) is 4.39 Å². The van der Waals surface area contributed by atoms with Crippen LogP contribution in [0.25, 0.3) is 0 Å². The average Bonchev–Trinajstić information content (AvgIpc) is 2.53. The lowest BCUT2D eigenvalue weighted by Crippen LogP contribution is -2.36. The predicted octanol–water partition coefficient (Wildman–Crippen LogP) is 3.29. The molecule has 2 atom stereocenters. The minimum Gasteiger partial charge on any atom is -0.384 e. The van der Waals surface area contributed by atoms with Gasteiger partial charge in [-0.1, -0.05) is 24.3 Å². The molecule has 5 nitrogen and oxygen atoms in total. The van der Waals surface area contributed by atoms with Crippen molar-refractivity contribution < 1.29 is 14.4 Å². The van der Waals surface area contributed by atoms with E-state index < -0.39 is 10.5 Å². The smallest absolute Gasteiger partial charge is 0.269 e. The van der Waals surface area contributed by atoms with Gasteiger partial charge in [-0.05, 0) is 37.1 Å². The first-order valence-electron chi connectivity index (χ1n) is 7.26. The molecule has 0 saturated heterocycles. The maximum absolute atomic E-state index is 13.0. The Morgan fingerprint density at radius 3 is 2.30 bits per heavy atom. The molecule has 0 amide bonds. The summed E-state index contributed by atoms with van der Waals surface area (Å²) in [4.78, 5) is 10.2. The molecule has 2 rings (SSSR count). The van der Waals surface area contributed by atoms with E-state index in [-0.39, 0.29) is 24.1 Å². The Labute approximate surface area is 133 Å². The molecule has 2 unspecified atom stereocenters. The monoisotopic (exact) mass is 318 g/mol. The van der Waals surface area contributed by atoms with Crippen LogP contribution in [0.15, 0.2) is 48.5 Å². The summed E-state index contributed by atoms with van der Waals surface area (Å²) >= 11 is 0. The van der Waals surface area contributed by atoms with Crippen molar-refractivity contribution in [3.8, 4) is 0 Å². The summed E-state index contributed by atoms with van der Waals surface area (Å²) < 4.78 is 13.0. The first-order valence-corrected chi connectivity index (χ1v) is 7.26. The Kier molecular flexibility index (Phi) is 5.08.